The van der Waals surface area contributed by atoms with E-state index in [1.807, 2.05) is 12.1 Å². The smallest absolute Gasteiger partial charge is 0.115 e. The van der Waals surface area contributed by atoms with E-state index in [4.69, 9.17) is 0 Å². The molecule has 0 spiro atoms. The number of hydrogen-bond acceptors (Lipinski definition) is 3. The van der Waals surface area contributed by atoms with E-state index in [9.17, 15) is 9.32 Å². The van der Waals surface area contributed by atoms with Gasteiger partial charge >= 0.3 is 0 Å². The lowest BCUT2D eigenvalue weighted by Gasteiger charge is -2.13. The molecule has 0 aliphatic rings. The Kier molecular flexibility index (Phi) is 5.49. The van der Waals surface area contributed by atoms with Gasteiger partial charge in [-0.05, 0) is 31.0 Å². The highest BCUT2D eigenvalue weighted by atomic mass is 32.2. The predicted molar refractivity (Wildman–Crippen MR) is 68.0 cm³/mol. The molecule has 0 saturated heterocycles. The topological polar surface area (TPSA) is 49.3 Å². The molecule has 4 heteroatoms. The Morgan fingerprint density at radius 3 is 2.88 bits per heavy atom. The van der Waals surface area contributed by atoms with E-state index in [1.54, 1.807) is 18.4 Å². The van der Waals surface area contributed by atoms with E-state index in [2.05, 4.69) is 12.2 Å². The van der Waals surface area contributed by atoms with Crippen molar-refractivity contribution in [3.8, 4) is 5.75 Å². The summed E-state index contributed by atoms with van der Waals surface area (Å²) in [5.41, 5.74) is 1.06. The summed E-state index contributed by atoms with van der Waals surface area (Å²) in [6.07, 6.45) is 2.63. The Balaban J connectivity index is 2.31. The van der Waals surface area contributed by atoms with Crippen molar-refractivity contribution in [1.82, 2.24) is 5.32 Å². The molecule has 90 valence electrons. The molecule has 0 aromatic heterocycles. The van der Waals surface area contributed by atoms with Gasteiger partial charge in [-0.15, -0.1) is 0 Å². The molecule has 2 unspecified atom stereocenters. The minimum Gasteiger partial charge on any atom is -0.508 e. The number of hydrogen-bond donors (Lipinski definition) is 2. The van der Waals surface area contributed by atoms with Crippen LogP contribution in [0.5, 0.6) is 5.75 Å². The van der Waals surface area contributed by atoms with Gasteiger partial charge in [-0.2, -0.15) is 0 Å². The SMILES string of the molecule is CC(CCS(C)=O)NCc1cccc(O)c1. The highest BCUT2D eigenvalue weighted by molar-refractivity contribution is 7.84. The zero-order valence-corrected chi connectivity index (χ0v) is 10.6. The third-order valence-electron chi connectivity index (χ3n) is 2.40. The Hall–Kier alpha value is -0.870. The molecule has 0 amide bonds. The maximum Gasteiger partial charge on any atom is 0.115 e. The second kappa shape index (κ2) is 6.66. The minimum absolute atomic E-state index is 0.293. The fourth-order valence-corrected chi connectivity index (χ4v) is 2.09. The molecule has 0 radical (unpaired) electrons. The third-order valence-corrected chi connectivity index (χ3v) is 3.21. The first kappa shape index (κ1) is 13.2. The highest BCUT2D eigenvalue weighted by Gasteiger charge is 2.03. The zero-order chi connectivity index (χ0) is 12.0. The van der Waals surface area contributed by atoms with Gasteiger partial charge in [0.15, 0.2) is 0 Å². The summed E-state index contributed by atoms with van der Waals surface area (Å²) in [6, 6.07) is 7.55. The molecule has 0 bridgehead atoms. The number of aromatic hydroxyl groups is 1. The van der Waals surface area contributed by atoms with Gasteiger partial charge in [0.2, 0.25) is 0 Å². The van der Waals surface area contributed by atoms with Gasteiger partial charge in [0.1, 0.15) is 5.75 Å². The summed E-state index contributed by atoms with van der Waals surface area (Å²) in [4.78, 5) is 0. The van der Waals surface area contributed by atoms with Crippen LogP contribution in [0.3, 0.4) is 0 Å². The van der Waals surface area contributed by atoms with Crippen LogP contribution in [0.25, 0.3) is 0 Å². The zero-order valence-electron chi connectivity index (χ0n) is 9.77. The van der Waals surface area contributed by atoms with E-state index in [1.165, 1.54) is 0 Å². The van der Waals surface area contributed by atoms with Crippen LogP contribution in [0.1, 0.15) is 18.9 Å². The Bertz CT molecular complexity index is 355. The van der Waals surface area contributed by atoms with Gasteiger partial charge in [-0.3, -0.25) is 4.21 Å². The molecule has 2 atom stereocenters. The maximum absolute atomic E-state index is 10.9. The number of phenols is 1. The maximum atomic E-state index is 10.9. The largest absolute Gasteiger partial charge is 0.508 e. The summed E-state index contributed by atoms with van der Waals surface area (Å²) in [7, 11) is -0.718. The van der Waals surface area contributed by atoms with E-state index in [0.717, 1.165) is 24.3 Å². The van der Waals surface area contributed by atoms with Crippen molar-refractivity contribution in [2.45, 2.75) is 25.9 Å². The van der Waals surface area contributed by atoms with Crippen LogP contribution in [0.15, 0.2) is 24.3 Å². The van der Waals surface area contributed by atoms with Crippen molar-refractivity contribution in [2.24, 2.45) is 0 Å². The van der Waals surface area contributed by atoms with Gasteiger partial charge in [0.25, 0.3) is 0 Å². The van der Waals surface area contributed by atoms with Crippen LogP contribution in [0.4, 0.5) is 0 Å². The molecule has 1 aromatic carbocycles. The Morgan fingerprint density at radius 2 is 2.25 bits per heavy atom. The lowest BCUT2D eigenvalue weighted by atomic mass is 10.2. The molecule has 0 aliphatic carbocycles. The molecule has 1 rings (SSSR count). The van der Waals surface area contributed by atoms with Crippen LogP contribution >= 0.6 is 0 Å². The van der Waals surface area contributed by atoms with Gasteiger partial charge in [0, 0.05) is 35.4 Å². The van der Waals surface area contributed by atoms with Gasteiger partial charge in [0.05, 0.1) is 0 Å². The molecular weight excluding hydrogens is 222 g/mol. The molecule has 0 aliphatic heterocycles. The van der Waals surface area contributed by atoms with Gasteiger partial charge < -0.3 is 10.4 Å². The summed E-state index contributed by atoms with van der Waals surface area (Å²) < 4.78 is 10.9. The third kappa shape index (κ3) is 5.28. The molecule has 16 heavy (non-hydrogen) atoms. The first-order valence-corrected chi connectivity index (χ1v) is 7.12. The average molecular weight is 241 g/mol. The first-order valence-electron chi connectivity index (χ1n) is 5.39. The monoisotopic (exact) mass is 241 g/mol. The van der Waals surface area contributed by atoms with E-state index in [-0.39, 0.29) is 0 Å². The summed E-state index contributed by atoms with van der Waals surface area (Å²) in [5.74, 6) is 1.02. The minimum atomic E-state index is -0.718. The number of phenolic OH excluding ortho intramolecular Hbond substituents is 1. The molecule has 0 fully saturated rings. The van der Waals surface area contributed by atoms with Gasteiger partial charge in [-0.25, -0.2) is 0 Å². The standard InChI is InChI=1S/C12H19NO2S/c1-10(6-7-16(2)15)13-9-11-4-3-5-12(14)8-11/h3-5,8,10,13-14H,6-7,9H2,1-2H3. The second-order valence-electron chi connectivity index (χ2n) is 4.02. The average Bonchev–Trinajstić information content (AvgIpc) is 2.23. The number of benzene rings is 1. The molecule has 2 N–H and O–H groups in total. The quantitative estimate of drug-likeness (QED) is 0.796. The number of rotatable bonds is 6. The normalized spacial score (nSPS) is 14.6. The predicted octanol–water partition coefficient (Wildman–Crippen LogP) is 1.64. The van der Waals surface area contributed by atoms with Crippen molar-refractivity contribution in [3.63, 3.8) is 0 Å². The van der Waals surface area contributed by atoms with Crippen molar-refractivity contribution in [3.05, 3.63) is 29.8 Å². The summed E-state index contributed by atoms with van der Waals surface area (Å²) >= 11 is 0. The van der Waals surface area contributed by atoms with Crippen LogP contribution in [-0.4, -0.2) is 27.4 Å². The molecular formula is C12H19NO2S. The second-order valence-corrected chi connectivity index (χ2v) is 5.57. The molecule has 3 nitrogen and oxygen atoms in total. The van der Waals surface area contributed by atoms with Crippen LogP contribution < -0.4 is 5.32 Å². The summed E-state index contributed by atoms with van der Waals surface area (Å²) in [6.45, 7) is 2.81. The van der Waals surface area contributed by atoms with Crippen molar-refractivity contribution in [1.29, 1.82) is 0 Å². The molecule has 0 heterocycles. The van der Waals surface area contributed by atoms with Crippen LogP contribution in [0, 0.1) is 0 Å². The fraction of sp³-hybridized carbons (Fsp3) is 0.500. The fourth-order valence-electron chi connectivity index (χ4n) is 1.40. The lowest BCUT2D eigenvalue weighted by molar-refractivity contribution is 0.473. The van der Waals surface area contributed by atoms with E-state index < -0.39 is 10.8 Å². The van der Waals surface area contributed by atoms with Crippen LogP contribution in [0.2, 0.25) is 0 Å². The Labute approximate surface area is 99.3 Å². The lowest BCUT2D eigenvalue weighted by Crippen LogP contribution is -2.26. The van der Waals surface area contributed by atoms with E-state index in [0.29, 0.717) is 11.8 Å². The van der Waals surface area contributed by atoms with Crippen molar-refractivity contribution in [2.75, 3.05) is 12.0 Å². The molecule has 1 aromatic rings. The summed E-state index contributed by atoms with van der Waals surface area (Å²) in [5, 5.41) is 12.6. The van der Waals surface area contributed by atoms with Crippen molar-refractivity contribution < 1.29 is 9.32 Å². The molecule has 0 saturated carbocycles. The van der Waals surface area contributed by atoms with Gasteiger partial charge in [-0.1, -0.05) is 12.1 Å². The van der Waals surface area contributed by atoms with Crippen LogP contribution in [-0.2, 0) is 17.3 Å². The highest BCUT2D eigenvalue weighted by Crippen LogP contribution is 2.10. The van der Waals surface area contributed by atoms with E-state index >= 15 is 0 Å². The Morgan fingerprint density at radius 1 is 1.50 bits per heavy atom. The first-order chi connectivity index (χ1) is 7.58. The van der Waals surface area contributed by atoms with Crippen molar-refractivity contribution >= 4 is 10.8 Å². The number of nitrogens with one attached hydrogen (secondary N) is 1.